The first-order valence-electron chi connectivity index (χ1n) is 5.62. The number of β-amino-alcohol motifs (C(OH)–C–C–N with tert-alkyl or cyclic N) is 1. The molecule has 0 aromatic carbocycles. The summed E-state index contributed by atoms with van der Waals surface area (Å²) in [4.78, 5) is 13.8. The zero-order valence-electron chi connectivity index (χ0n) is 10.5. The molecule has 0 saturated carbocycles. The van der Waals surface area contributed by atoms with Gasteiger partial charge in [-0.25, -0.2) is 0 Å². The van der Waals surface area contributed by atoms with Crippen molar-refractivity contribution in [3.8, 4) is 0 Å². The summed E-state index contributed by atoms with van der Waals surface area (Å²) >= 11 is 0. The van der Waals surface area contributed by atoms with Crippen LogP contribution in [0, 0.1) is 10.8 Å². The molecule has 88 valence electrons. The number of piperidine rings is 1. The van der Waals surface area contributed by atoms with Gasteiger partial charge in [0.05, 0.1) is 6.10 Å². The summed E-state index contributed by atoms with van der Waals surface area (Å²) < 4.78 is 0. The fraction of sp³-hybridized carbons (Fsp3) is 0.917. The van der Waals surface area contributed by atoms with Crippen LogP contribution in [0.5, 0.6) is 0 Å². The fourth-order valence-electron chi connectivity index (χ4n) is 1.80. The van der Waals surface area contributed by atoms with E-state index in [0.717, 1.165) is 13.0 Å². The van der Waals surface area contributed by atoms with Crippen molar-refractivity contribution in [2.45, 2.75) is 47.1 Å². The van der Waals surface area contributed by atoms with Crippen LogP contribution in [0.15, 0.2) is 0 Å². The van der Waals surface area contributed by atoms with Gasteiger partial charge in [0, 0.05) is 18.5 Å². The molecule has 1 atom stereocenters. The van der Waals surface area contributed by atoms with Crippen molar-refractivity contribution in [3.05, 3.63) is 0 Å². The van der Waals surface area contributed by atoms with Gasteiger partial charge in [-0.15, -0.1) is 0 Å². The maximum atomic E-state index is 12.0. The predicted molar refractivity (Wildman–Crippen MR) is 60.4 cm³/mol. The van der Waals surface area contributed by atoms with Crippen LogP contribution in [0.1, 0.15) is 41.0 Å². The SMILES string of the molecule is CC(C)(C)C(=O)N1CCC(C)(C)C(O)C1. The summed E-state index contributed by atoms with van der Waals surface area (Å²) in [6, 6.07) is 0. The van der Waals surface area contributed by atoms with Crippen molar-refractivity contribution in [3.63, 3.8) is 0 Å². The van der Waals surface area contributed by atoms with E-state index in [1.165, 1.54) is 0 Å². The average molecular weight is 213 g/mol. The molecule has 1 N–H and O–H groups in total. The third-order valence-corrected chi connectivity index (χ3v) is 3.25. The van der Waals surface area contributed by atoms with Crippen LogP contribution in [0.4, 0.5) is 0 Å². The van der Waals surface area contributed by atoms with Gasteiger partial charge < -0.3 is 10.0 Å². The van der Waals surface area contributed by atoms with Gasteiger partial charge in [-0.3, -0.25) is 4.79 Å². The molecule has 1 aliphatic rings. The molecule has 0 radical (unpaired) electrons. The molecule has 1 aliphatic heterocycles. The number of nitrogens with zero attached hydrogens (tertiary/aromatic N) is 1. The summed E-state index contributed by atoms with van der Waals surface area (Å²) in [6.07, 6.45) is 0.466. The Balaban J connectivity index is 2.67. The Morgan fingerprint density at radius 2 is 1.93 bits per heavy atom. The van der Waals surface area contributed by atoms with E-state index in [0.29, 0.717) is 6.54 Å². The Morgan fingerprint density at radius 3 is 2.33 bits per heavy atom. The van der Waals surface area contributed by atoms with Gasteiger partial charge in [0.2, 0.25) is 5.91 Å². The van der Waals surface area contributed by atoms with Crippen LogP contribution >= 0.6 is 0 Å². The minimum atomic E-state index is -0.405. The normalized spacial score (nSPS) is 26.5. The largest absolute Gasteiger partial charge is 0.391 e. The van der Waals surface area contributed by atoms with Crippen LogP contribution in [-0.2, 0) is 4.79 Å². The van der Waals surface area contributed by atoms with Gasteiger partial charge in [-0.1, -0.05) is 34.6 Å². The third-order valence-electron chi connectivity index (χ3n) is 3.25. The topological polar surface area (TPSA) is 40.5 Å². The highest BCUT2D eigenvalue weighted by molar-refractivity contribution is 5.81. The molecule has 1 fully saturated rings. The molecule has 15 heavy (non-hydrogen) atoms. The van der Waals surface area contributed by atoms with E-state index in [4.69, 9.17) is 0 Å². The fourth-order valence-corrected chi connectivity index (χ4v) is 1.80. The second kappa shape index (κ2) is 3.78. The van der Waals surface area contributed by atoms with E-state index < -0.39 is 6.10 Å². The monoisotopic (exact) mass is 213 g/mol. The quantitative estimate of drug-likeness (QED) is 0.664. The van der Waals surface area contributed by atoms with E-state index >= 15 is 0 Å². The van der Waals surface area contributed by atoms with Crippen molar-refractivity contribution >= 4 is 5.91 Å². The van der Waals surface area contributed by atoms with E-state index in [9.17, 15) is 9.90 Å². The molecule has 0 aromatic heterocycles. The number of rotatable bonds is 0. The predicted octanol–water partition coefficient (Wildman–Crippen LogP) is 1.65. The highest BCUT2D eigenvalue weighted by Crippen LogP contribution is 2.32. The van der Waals surface area contributed by atoms with Crippen molar-refractivity contribution in [2.24, 2.45) is 10.8 Å². The lowest BCUT2D eigenvalue weighted by Crippen LogP contribution is -2.52. The maximum absolute atomic E-state index is 12.0. The van der Waals surface area contributed by atoms with E-state index in [1.54, 1.807) is 4.90 Å². The van der Waals surface area contributed by atoms with Gasteiger partial charge >= 0.3 is 0 Å². The summed E-state index contributed by atoms with van der Waals surface area (Å²) in [5, 5.41) is 9.93. The first-order chi connectivity index (χ1) is 6.64. The Labute approximate surface area is 92.5 Å². The van der Waals surface area contributed by atoms with Crippen molar-refractivity contribution in [1.29, 1.82) is 0 Å². The molecular formula is C12H23NO2. The Bertz CT molecular complexity index is 253. The maximum Gasteiger partial charge on any atom is 0.228 e. The van der Waals surface area contributed by atoms with Gasteiger partial charge in [-0.05, 0) is 11.8 Å². The van der Waals surface area contributed by atoms with Gasteiger partial charge in [0.15, 0.2) is 0 Å². The number of hydrogen-bond donors (Lipinski definition) is 1. The summed E-state index contributed by atoms with van der Waals surface area (Å²) in [6.45, 7) is 11.1. The van der Waals surface area contributed by atoms with E-state index in [-0.39, 0.29) is 16.7 Å². The van der Waals surface area contributed by atoms with Crippen molar-refractivity contribution in [1.82, 2.24) is 4.90 Å². The lowest BCUT2D eigenvalue weighted by Gasteiger charge is -2.43. The summed E-state index contributed by atoms with van der Waals surface area (Å²) in [7, 11) is 0. The Morgan fingerprint density at radius 1 is 1.40 bits per heavy atom. The molecular weight excluding hydrogens is 190 g/mol. The second-order valence-corrected chi connectivity index (χ2v) is 6.26. The van der Waals surface area contributed by atoms with E-state index in [1.807, 2.05) is 20.8 Å². The molecule has 3 nitrogen and oxygen atoms in total. The molecule has 0 spiro atoms. The minimum Gasteiger partial charge on any atom is -0.391 e. The lowest BCUT2D eigenvalue weighted by atomic mass is 9.79. The van der Waals surface area contributed by atoms with Gasteiger partial charge in [0.1, 0.15) is 0 Å². The number of carbonyl (C=O) groups is 1. The van der Waals surface area contributed by atoms with Crippen molar-refractivity contribution < 1.29 is 9.90 Å². The summed E-state index contributed by atoms with van der Waals surface area (Å²) in [5.74, 6) is 0.136. The first-order valence-corrected chi connectivity index (χ1v) is 5.62. The van der Waals surface area contributed by atoms with Gasteiger partial charge in [-0.2, -0.15) is 0 Å². The second-order valence-electron chi connectivity index (χ2n) is 6.26. The number of aliphatic hydroxyl groups is 1. The molecule has 1 heterocycles. The zero-order valence-corrected chi connectivity index (χ0v) is 10.5. The lowest BCUT2D eigenvalue weighted by molar-refractivity contribution is -0.146. The van der Waals surface area contributed by atoms with Crippen LogP contribution in [-0.4, -0.2) is 35.1 Å². The summed E-state index contributed by atoms with van der Waals surface area (Å²) in [5.41, 5.74) is -0.407. The van der Waals surface area contributed by atoms with Crippen LogP contribution in [0.25, 0.3) is 0 Å². The molecule has 0 aliphatic carbocycles. The average Bonchev–Trinajstić information content (AvgIpc) is 2.07. The zero-order chi connectivity index (χ0) is 11.9. The van der Waals surface area contributed by atoms with E-state index in [2.05, 4.69) is 13.8 Å². The molecule has 3 heteroatoms. The Hall–Kier alpha value is -0.570. The minimum absolute atomic E-state index is 0.0608. The van der Waals surface area contributed by atoms with Crippen LogP contribution < -0.4 is 0 Å². The van der Waals surface area contributed by atoms with Crippen molar-refractivity contribution in [2.75, 3.05) is 13.1 Å². The molecule has 0 aromatic rings. The third kappa shape index (κ3) is 2.71. The number of carbonyl (C=O) groups excluding carboxylic acids is 1. The highest BCUT2D eigenvalue weighted by atomic mass is 16.3. The number of hydrogen-bond acceptors (Lipinski definition) is 2. The smallest absolute Gasteiger partial charge is 0.228 e. The highest BCUT2D eigenvalue weighted by Gasteiger charge is 2.38. The Kier molecular flexibility index (Phi) is 3.15. The number of amides is 1. The molecule has 1 saturated heterocycles. The molecule has 1 rings (SSSR count). The van der Waals surface area contributed by atoms with Crippen LogP contribution in [0.3, 0.4) is 0 Å². The standard InChI is InChI=1S/C12H23NO2/c1-11(2,3)10(15)13-7-6-12(4,5)9(14)8-13/h9,14H,6-8H2,1-5H3. The molecule has 1 amide bonds. The number of aliphatic hydroxyl groups excluding tert-OH is 1. The first kappa shape index (κ1) is 12.5. The van der Waals surface area contributed by atoms with Crippen LogP contribution in [0.2, 0.25) is 0 Å². The molecule has 1 unspecified atom stereocenters. The molecule has 0 bridgehead atoms. The van der Waals surface area contributed by atoms with Gasteiger partial charge in [0.25, 0.3) is 0 Å². The number of likely N-dealkylation sites (tertiary alicyclic amines) is 1.